The van der Waals surface area contributed by atoms with Gasteiger partial charge in [-0.2, -0.15) is 0 Å². The third kappa shape index (κ3) is 9.01. The number of amides is 3. The van der Waals surface area contributed by atoms with E-state index >= 15 is 0 Å². The summed E-state index contributed by atoms with van der Waals surface area (Å²) >= 11 is 0. The van der Waals surface area contributed by atoms with Crippen molar-refractivity contribution in [2.45, 2.75) is 147 Å². The van der Waals surface area contributed by atoms with E-state index in [1.807, 2.05) is 25.7 Å². The topological polar surface area (TPSA) is 143 Å². The molecule has 4 bridgehead atoms. The molecule has 12 heteroatoms. The van der Waals surface area contributed by atoms with Crippen molar-refractivity contribution >= 4 is 27.9 Å². The van der Waals surface area contributed by atoms with Gasteiger partial charge in [0.05, 0.1) is 24.1 Å². The van der Waals surface area contributed by atoms with Gasteiger partial charge in [0.1, 0.15) is 11.6 Å². The highest BCUT2D eigenvalue weighted by Crippen LogP contribution is 2.46. The number of fused-ring (bicyclic) bond motifs is 3. The molecule has 11 nitrogen and oxygen atoms in total. The zero-order valence-corrected chi connectivity index (χ0v) is 34.0. The smallest absolute Gasteiger partial charge is 0.407 e. The first-order valence-corrected chi connectivity index (χ1v) is 21.5. The zero-order valence-electron chi connectivity index (χ0n) is 33.2. The average Bonchev–Trinajstić information content (AvgIpc) is 3.98. The molecule has 54 heavy (non-hydrogen) atoms. The van der Waals surface area contributed by atoms with Gasteiger partial charge in [0, 0.05) is 37.0 Å². The minimum absolute atomic E-state index is 0.0702. The van der Waals surface area contributed by atoms with E-state index in [2.05, 4.69) is 67.5 Å². The van der Waals surface area contributed by atoms with Gasteiger partial charge >= 0.3 is 6.09 Å². The van der Waals surface area contributed by atoms with Crippen molar-refractivity contribution in [1.82, 2.24) is 20.3 Å². The molecule has 2 saturated carbocycles. The maximum Gasteiger partial charge on any atom is 0.407 e. The predicted molar refractivity (Wildman–Crippen MR) is 209 cm³/mol. The fraction of sp³-hybridized carbons (Fsp3) is 0.690. The van der Waals surface area contributed by atoms with Gasteiger partial charge in [-0.1, -0.05) is 71.9 Å². The Morgan fingerprint density at radius 1 is 1.09 bits per heavy atom. The standard InChI is InChI=1S/C42H62N4O7S/c1-9-31-23-42(31,38(48)45-54(50,51)33-16-17-33)44-37(47)35-22-32-24-46(35)26(2)19-36(40(4,5)6)43-39(49)52-25-41(7,8)18-11-10-13-28-14-12-15-29-20-30(21-34(28)29)27(3)53-32/h9,12,14-15,27,30-33,35-36H,1-2,10-11,13,16-25H2,3-8H3,(H,43,49)(H,44,47)(H,45,48)/t27?,30?,31-,32+,35-,36?,42-/m0/s1. The third-order valence-corrected chi connectivity index (χ3v) is 14.3. The first-order valence-electron chi connectivity index (χ1n) is 20.0. The van der Waals surface area contributed by atoms with Crippen molar-refractivity contribution in [2.75, 3.05) is 13.2 Å². The van der Waals surface area contributed by atoms with Crippen LogP contribution in [0.1, 0.15) is 110 Å². The molecule has 0 aromatic heterocycles. The highest BCUT2D eigenvalue weighted by Gasteiger charge is 2.61. The van der Waals surface area contributed by atoms with Crippen LogP contribution in [0.4, 0.5) is 4.79 Å². The molecule has 3 aliphatic carbocycles. The molecule has 0 radical (unpaired) electrons. The molecule has 0 spiro atoms. The molecule has 3 N–H and O–H groups in total. The van der Waals surface area contributed by atoms with Gasteiger partial charge in [-0.05, 0) is 91.7 Å². The molecule has 5 aliphatic rings. The number of sulfonamides is 1. The van der Waals surface area contributed by atoms with Crippen LogP contribution in [0.5, 0.6) is 0 Å². The maximum atomic E-state index is 14.4. The molecule has 2 heterocycles. The molecule has 6 rings (SSSR count). The van der Waals surface area contributed by atoms with E-state index in [0.29, 0.717) is 50.4 Å². The van der Waals surface area contributed by atoms with E-state index < -0.39 is 50.7 Å². The summed E-state index contributed by atoms with van der Waals surface area (Å²) in [6.45, 7) is 21.5. The van der Waals surface area contributed by atoms with Gasteiger partial charge in [0.25, 0.3) is 5.91 Å². The van der Waals surface area contributed by atoms with Crippen LogP contribution in [0.2, 0.25) is 0 Å². The summed E-state index contributed by atoms with van der Waals surface area (Å²) < 4.78 is 40.4. The number of carbonyl (C=O) groups excluding carboxylic acids is 3. The second-order valence-electron chi connectivity index (χ2n) is 18.6. The minimum Gasteiger partial charge on any atom is -0.449 e. The van der Waals surface area contributed by atoms with Crippen LogP contribution < -0.4 is 15.4 Å². The minimum atomic E-state index is -3.82. The molecule has 1 aromatic carbocycles. The van der Waals surface area contributed by atoms with Crippen molar-refractivity contribution in [3.63, 3.8) is 0 Å². The first-order chi connectivity index (χ1) is 25.3. The van der Waals surface area contributed by atoms with Gasteiger partial charge in [-0.15, -0.1) is 6.58 Å². The Labute approximate surface area is 322 Å². The van der Waals surface area contributed by atoms with Crippen LogP contribution in [0, 0.1) is 22.7 Å². The number of nitrogens with zero attached hydrogens (tertiary/aromatic N) is 1. The van der Waals surface area contributed by atoms with Crippen molar-refractivity contribution in [3.8, 4) is 0 Å². The monoisotopic (exact) mass is 766 g/mol. The van der Waals surface area contributed by atoms with E-state index in [0.717, 1.165) is 38.5 Å². The highest BCUT2D eigenvalue weighted by molar-refractivity contribution is 7.91. The SMILES string of the molecule is C=C[C@H]1C[C@@]1(NC(=O)[C@@H]1C[C@@H]2CN1C(=C)CC(C(C)(C)C)NC(=O)OCC(C)(C)CCCCc1cccc3c1CC(C3)C(C)O2)C(=O)NS(=O)(=O)C1CC1. The fourth-order valence-corrected chi connectivity index (χ4v) is 9.98. The number of carbonyl (C=O) groups is 3. The Kier molecular flexibility index (Phi) is 11.4. The van der Waals surface area contributed by atoms with E-state index in [-0.39, 0.29) is 35.5 Å². The largest absolute Gasteiger partial charge is 0.449 e. The van der Waals surface area contributed by atoms with Gasteiger partial charge in [-0.3, -0.25) is 14.3 Å². The number of aryl methyl sites for hydroxylation is 1. The summed E-state index contributed by atoms with van der Waals surface area (Å²) in [5.41, 5.74) is 2.92. The fourth-order valence-electron chi connectivity index (χ4n) is 8.61. The number of hydrogen-bond donors (Lipinski definition) is 3. The lowest BCUT2D eigenvalue weighted by Crippen LogP contribution is -2.56. The van der Waals surface area contributed by atoms with E-state index in [9.17, 15) is 22.8 Å². The summed E-state index contributed by atoms with van der Waals surface area (Å²) in [6, 6.07) is 5.56. The molecule has 298 valence electrons. The molecular weight excluding hydrogens is 705 g/mol. The Balaban J connectivity index is 1.25. The van der Waals surface area contributed by atoms with Gasteiger partial charge < -0.3 is 25.0 Å². The summed E-state index contributed by atoms with van der Waals surface area (Å²) in [4.78, 5) is 43.1. The lowest BCUT2D eigenvalue weighted by atomic mass is 9.84. The number of alkyl carbamates (subject to hydrolysis) is 1. The van der Waals surface area contributed by atoms with Crippen LogP contribution >= 0.6 is 0 Å². The quantitative estimate of drug-likeness (QED) is 0.313. The van der Waals surface area contributed by atoms with E-state index in [4.69, 9.17) is 9.47 Å². The Bertz CT molecular complexity index is 1750. The van der Waals surface area contributed by atoms with Gasteiger partial charge in [0.2, 0.25) is 15.9 Å². The summed E-state index contributed by atoms with van der Waals surface area (Å²) in [5, 5.41) is 5.50. The molecule has 2 aliphatic heterocycles. The van der Waals surface area contributed by atoms with Gasteiger partial charge in [-0.25, -0.2) is 13.2 Å². The Morgan fingerprint density at radius 3 is 2.48 bits per heavy atom. The van der Waals surface area contributed by atoms with Crippen LogP contribution in [0.3, 0.4) is 0 Å². The number of benzene rings is 1. The first kappa shape index (κ1) is 40.3. The van der Waals surface area contributed by atoms with Crippen LogP contribution in [-0.4, -0.2) is 79.5 Å². The number of cyclic esters (lactones) is 1. The lowest BCUT2D eigenvalue weighted by molar-refractivity contribution is -0.131. The summed E-state index contributed by atoms with van der Waals surface area (Å²) in [6.07, 6.45) is 8.69. The number of nitrogens with one attached hydrogen (secondary N) is 3. The van der Waals surface area contributed by atoms with Crippen molar-refractivity contribution in [1.29, 1.82) is 0 Å². The molecule has 1 aromatic rings. The molecular formula is C42H62N4O7S. The Hall–Kier alpha value is -3.38. The molecule has 3 fully saturated rings. The Morgan fingerprint density at radius 2 is 1.81 bits per heavy atom. The third-order valence-electron chi connectivity index (χ3n) is 12.5. The predicted octanol–water partition coefficient (Wildman–Crippen LogP) is 5.72. The van der Waals surface area contributed by atoms with Crippen LogP contribution in [0.25, 0.3) is 0 Å². The van der Waals surface area contributed by atoms with Crippen LogP contribution in [-0.2, 0) is 48.3 Å². The van der Waals surface area contributed by atoms with Crippen molar-refractivity contribution in [3.05, 3.63) is 59.8 Å². The lowest BCUT2D eigenvalue weighted by Gasteiger charge is -2.36. The van der Waals surface area contributed by atoms with Crippen molar-refractivity contribution in [2.24, 2.45) is 22.7 Å². The molecule has 7 atom stereocenters. The van der Waals surface area contributed by atoms with Crippen molar-refractivity contribution < 1.29 is 32.3 Å². The molecule has 1 saturated heterocycles. The van der Waals surface area contributed by atoms with Crippen LogP contribution in [0.15, 0.2) is 43.1 Å². The summed E-state index contributed by atoms with van der Waals surface area (Å²) in [7, 11) is -3.82. The molecule has 3 amide bonds. The second kappa shape index (κ2) is 15.3. The number of hydrogen-bond acceptors (Lipinski definition) is 8. The second-order valence-corrected chi connectivity index (χ2v) is 20.5. The van der Waals surface area contributed by atoms with E-state index in [1.54, 1.807) is 6.08 Å². The van der Waals surface area contributed by atoms with Gasteiger partial charge in [0.15, 0.2) is 0 Å². The average molecular weight is 767 g/mol. The summed E-state index contributed by atoms with van der Waals surface area (Å²) in [5.74, 6) is -1.22. The number of ether oxygens (including phenoxy) is 2. The highest BCUT2D eigenvalue weighted by atomic mass is 32.2. The van der Waals surface area contributed by atoms with E-state index in [1.165, 1.54) is 16.7 Å². The zero-order chi connectivity index (χ0) is 39.2. The molecule has 3 unspecified atom stereocenters. The normalized spacial score (nSPS) is 32.1. The number of rotatable bonds is 6. The maximum absolute atomic E-state index is 14.4.